The first-order valence-corrected chi connectivity index (χ1v) is 9.70. The second kappa shape index (κ2) is 8.99. The average molecular weight is 372 g/mol. The first-order valence-electron chi connectivity index (χ1n) is 9.70. The Hall–Kier alpha value is -2.41. The third kappa shape index (κ3) is 5.29. The maximum Gasteiger partial charge on any atom is 0.253 e. The minimum atomic E-state index is -0.135. The summed E-state index contributed by atoms with van der Waals surface area (Å²) in [5.41, 5.74) is 1.29. The van der Waals surface area contributed by atoms with Gasteiger partial charge in [0, 0.05) is 57.4 Å². The quantitative estimate of drug-likeness (QED) is 0.868. The molecule has 7 nitrogen and oxygen atoms in total. The van der Waals surface area contributed by atoms with Crippen molar-refractivity contribution < 1.29 is 14.4 Å². The lowest BCUT2D eigenvalue weighted by Crippen LogP contribution is -2.52. The van der Waals surface area contributed by atoms with E-state index < -0.39 is 0 Å². The fourth-order valence-electron chi connectivity index (χ4n) is 3.63. The largest absolute Gasteiger partial charge is 0.342 e. The molecule has 2 aliphatic rings. The molecule has 1 aromatic carbocycles. The molecule has 0 unspecified atom stereocenters. The summed E-state index contributed by atoms with van der Waals surface area (Å²) in [6.45, 7) is 6.35. The van der Waals surface area contributed by atoms with Crippen LogP contribution in [0, 0.1) is 0 Å². The lowest BCUT2D eigenvalue weighted by Gasteiger charge is -2.36. The number of hydrogen-bond acceptors (Lipinski definition) is 4. The molecule has 146 valence electrons. The highest BCUT2D eigenvalue weighted by molar-refractivity contribution is 5.95. The van der Waals surface area contributed by atoms with Crippen molar-refractivity contribution in [2.45, 2.75) is 26.2 Å². The highest BCUT2D eigenvalue weighted by Gasteiger charge is 2.25. The number of carbonyl (C=O) groups excluding carboxylic acids is 3. The SMILES string of the molecule is CC(=O)Nc1ccc(C(=O)N2CCN(CC(=O)N3CCCCC3)CC2)cc1. The number of hydrogen-bond donors (Lipinski definition) is 1. The fourth-order valence-corrected chi connectivity index (χ4v) is 3.63. The maximum absolute atomic E-state index is 12.7. The normalized spacial score (nSPS) is 18.3. The van der Waals surface area contributed by atoms with Crippen LogP contribution in [0.5, 0.6) is 0 Å². The van der Waals surface area contributed by atoms with Gasteiger partial charge in [0.25, 0.3) is 5.91 Å². The van der Waals surface area contributed by atoms with Crippen molar-refractivity contribution in [2.24, 2.45) is 0 Å². The van der Waals surface area contributed by atoms with E-state index in [1.54, 1.807) is 24.3 Å². The van der Waals surface area contributed by atoms with Gasteiger partial charge in [0.2, 0.25) is 11.8 Å². The van der Waals surface area contributed by atoms with Crippen molar-refractivity contribution in [3.8, 4) is 0 Å². The smallest absolute Gasteiger partial charge is 0.253 e. The van der Waals surface area contributed by atoms with E-state index in [0.29, 0.717) is 30.9 Å². The van der Waals surface area contributed by atoms with Gasteiger partial charge in [-0.15, -0.1) is 0 Å². The van der Waals surface area contributed by atoms with Crippen LogP contribution in [0.2, 0.25) is 0 Å². The second-order valence-corrected chi connectivity index (χ2v) is 7.27. The highest BCUT2D eigenvalue weighted by Crippen LogP contribution is 2.14. The fraction of sp³-hybridized carbons (Fsp3) is 0.550. The molecule has 2 saturated heterocycles. The molecule has 0 spiro atoms. The number of rotatable bonds is 4. The summed E-state index contributed by atoms with van der Waals surface area (Å²) in [5.74, 6) is 0.0683. The van der Waals surface area contributed by atoms with E-state index in [2.05, 4.69) is 10.2 Å². The molecule has 0 aliphatic carbocycles. The molecule has 2 aliphatic heterocycles. The Bertz CT molecular complexity index is 675. The summed E-state index contributed by atoms with van der Waals surface area (Å²) in [5, 5.41) is 2.70. The number of piperazine rings is 1. The summed E-state index contributed by atoms with van der Waals surface area (Å²) < 4.78 is 0. The van der Waals surface area contributed by atoms with Crippen molar-refractivity contribution in [1.29, 1.82) is 0 Å². The second-order valence-electron chi connectivity index (χ2n) is 7.27. The molecule has 3 rings (SSSR count). The number of carbonyl (C=O) groups is 3. The van der Waals surface area contributed by atoms with Gasteiger partial charge in [0.05, 0.1) is 6.54 Å². The number of piperidine rings is 1. The van der Waals surface area contributed by atoms with E-state index in [-0.39, 0.29) is 17.7 Å². The van der Waals surface area contributed by atoms with E-state index in [1.807, 2.05) is 9.80 Å². The van der Waals surface area contributed by atoms with Crippen molar-refractivity contribution in [1.82, 2.24) is 14.7 Å². The zero-order valence-electron chi connectivity index (χ0n) is 15.9. The molecule has 2 heterocycles. The topological polar surface area (TPSA) is 73.0 Å². The Kier molecular flexibility index (Phi) is 6.45. The van der Waals surface area contributed by atoms with Gasteiger partial charge in [-0.25, -0.2) is 0 Å². The Morgan fingerprint density at radius 2 is 1.48 bits per heavy atom. The molecule has 0 atom stereocenters. The van der Waals surface area contributed by atoms with Gasteiger partial charge in [-0.1, -0.05) is 0 Å². The van der Waals surface area contributed by atoms with Crippen molar-refractivity contribution in [3.63, 3.8) is 0 Å². The van der Waals surface area contributed by atoms with Gasteiger partial charge in [-0.2, -0.15) is 0 Å². The monoisotopic (exact) mass is 372 g/mol. The summed E-state index contributed by atoms with van der Waals surface area (Å²) >= 11 is 0. The van der Waals surface area contributed by atoms with E-state index >= 15 is 0 Å². The first-order chi connectivity index (χ1) is 13.0. The van der Waals surface area contributed by atoms with Gasteiger partial charge >= 0.3 is 0 Å². The van der Waals surface area contributed by atoms with Crippen LogP contribution in [0.1, 0.15) is 36.5 Å². The van der Waals surface area contributed by atoms with Gasteiger partial charge in [0.1, 0.15) is 0 Å². The standard InChI is InChI=1S/C20H28N4O3/c1-16(25)21-18-7-5-17(6-8-18)20(27)24-13-11-22(12-14-24)15-19(26)23-9-3-2-4-10-23/h5-8H,2-4,9-15H2,1H3,(H,21,25). The van der Waals surface area contributed by atoms with E-state index in [0.717, 1.165) is 39.0 Å². The van der Waals surface area contributed by atoms with Gasteiger partial charge in [0.15, 0.2) is 0 Å². The summed E-state index contributed by atoms with van der Waals surface area (Å²) in [7, 11) is 0. The average Bonchev–Trinajstić information content (AvgIpc) is 2.69. The summed E-state index contributed by atoms with van der Waals surface area (Å²) in [6.07, 6.45) is 3.43. The number of anilines is 1. The van der Waals surface area contributed by atoms with Crippen LogP contribution in [0.4, 0.5) is 5.69 Å². The van der Waals surface area contributed by atoms with E-state index in [9.17, 15) is 14.4 Å². The van der Waals surface area contributed by atoms with Gasteiger partial charge < -0.3 is 15.1 Å². The predicted molar refractivity (Wildman–Crippen MR) is 104 cm³/mol. The zero-order chi connectivity index (χ0) is 19.2. The molecular formula is C20H28N4O3. The molecule has 0 radical (unpaired) electrons. The lowest BCUT2D eigenvalue weighted by atomic mass is 10.1. The number of amides is 3. The molecule has 3 amide bonds. The number of nitrogens with zero attached hydrogens (tertiary/aromatic N) is 3. The molecule has 0 aromatic heterocycles. The van der Waals surface area contributed by atoms with Crippen molar-refractivity contribution in [2.75, 3.05) is 51.1 Å². The van der Waals surface area contributed by atoms with Crippen LogP contribution >= 0.6 is 0 Å². The van der Waals surface area contributed by atoms with Crippen LogP contribution in [-0.2, 0) is 9.59 Å². The third-order valence-corrected chi connectivity index (χ3v) is 5.18. The molecule has 0 saturated carbocycles. The highest BCUT2D eigenvalue weighted by atomic mass is 16.2. The number of nitrogens with one attached hydrogen (secondary N) is 1. The Morgan fingerprint density at radius 1 is 0.852 bits per heavy atom. The van der Waals surface area contributed by atoms with Crippen molar-refractivity contribution >= 4 is 23.4 Å². The van der Waals surface area contributed by atoms with Crippen LogP contribution < -0.4 is 5.32 Å². The van der Waals surface area contributed by atoms with E-state index in [1.165, 1.54) is 13.3 Å². The Morgan fingerprint density at radius 3 is 2.07 bits per heavy atom. The van der Waals surface area contributed by atoms with Crippen molar-refractivity contribution in [3.05, 3.63) is 29.8 Å². The number of likely N-dealkylation sites (tertiary alicyclic amines) is 1. The Labute approximate surface area is 160 Å². The molecule has 27 heavy (non-hydrogen) atoms. The zero-order valence-corrected chi connectivity index (χ0v) is 15.9. The lowest BCUT2D eigenvalue weighted by molar-refractivity contribution is -0.133. The first kappa shape index (κ1) is 19.4. The molecule has 2 fully saturated rings. The Balaban J connectivity index is 1.47. The summed E-state index contributed by atoms with van der Waals surface area (Å²) in [4.78, 5) is 42.0. The van der Waals surface area contributed by atoms with Gasteiger partial charge in [-0.05, 0) is 43.5 Å². The minimum absolute atomic E-state index is 0.00798. The summed E-state index contributed by atoms with van der Waals surface area (Å²) in [6, 6.07) is 6.95. The molecular weight excluding hydrogens is 344 g/mol. The molecule has 1 N–H and O–H groups in total. The van der Waals surface area contributed by atoms with Crippen LogP contribution in [0.3, 0.4) is 0 Å². The van der Waals surface area contributed by atoms with Gasteiger partial charge in [-0.3, -0.25) is 19.3 Å². The molecule has 1 aromatic rings. The van der Waals surface area contributed by atoms with Crippen LogP contribution in [-0.4, -0.2) is 78.2 Å². The molecule has 0 bridgehead atoms. The number of benzene rings is 1. The van der Waals surface area contributed by atoms with Crippen LogP contribution in [0.25, 0.3) is 0 Å². The van der Waals surface area contributed by atoms with Crippen LogP contribution in [0.15, 0.2) is 24.3 Å². The predicted octanol–water partition coefficient (Wildman–Crippen LogP) is 1.42. The molecule has 7 heteroatoms. The van der Waals surface area contributed by atoms with E-state index in [4.69, 9.17) is 0 Å². The third-order valence-electron chi connectivity index (χ3n) is 5.18. The minimum Gasteiger partial charge on any atom is -0.342 e. The maximum atomic E-state index is 12.7.